The van der Waals surface area contributed by atoms with E-state index >= 15 is 0 Å². The molecule has 1 atom stereocenters. The smallest absolute Gasteiger partial charge is 0.293 e. The molecule has 0 saturated heterocycles. The second-order valence-electron chi connectivity index (χ2n) is 4.01. The molecule has 0 N–H and O–H groups in total. The van der Waals surface area contributed by atoms with Crippen LogP contribution >= 0.6 is 0 Å². The van der Waals surface area contributed by atoms with Crippen molar-refractivity contribution in [2.24, 2.45) is 0 Å². The van der Waals surface area contributed by atoms with Crippen LogP contribution in [0.15, 0.2) is 47.3 Å². The first-order chi connectivity index (χ1) is 8.79. The van der Waals surface area contributed by atoms with Crippen molar-refractivity contribution in [2.75, 3.05) is 6.61 Å². The Morgan fingerprint density at radius 3 is 2.67 bits per heavy atom. The average Bonchev–Trinajstić information content (AvgIpc) is 2.90. The van der Waals surface area contributed by atoms with Gasteiger partial charge in [-0.15, -0.1) is 0 Å². The molecule has 0 fully saturated rings. The molecule has 0 radical (unpaired) electrons. The van der Waals surface area contributed by atoms with E-state index in [2.05, 4.69) is 0 Å². The van der Waals surface area contributed by atoms with Crippen molar-refractivity contribution in [3.8, 4) is 0 Å². The van der Waals surface area contributed by atoms with Crippen molar-refractivity contribution in [3.05, 3.63) is 59.8 Å². The Kier molecular flexibility index (Phi) is 4.12. The Morgan fingerprint density at radius 1 is 1.28 bits per heavy atom. The van der Waals surface area contributed by atoms with Crippen LogP contribution in [-0.4, -0.2) is 13.1 Å². The molecule has 94 valence electrons. The minimum absolute atomic E-state index is 0.0133. The van der Waals surface area contributed by atoms with Gasteiger partial charge in [-0.25, -0.2) is 4.39 Å². The van der Waals surface area contributed by atoms with Crippen LogP contribution in [0.3, 0.4) is 0 Å². The summed E-state index contributed by atoms with van der Waals surface area (Å²) in [6.07, 6.45) is 3.86. The SMILES string of the molecule is O=COCC(Cc1ccc(F)cc1)c1ccoc1. The van der Waals surface area contributed by atoms with Crippen molar-refractivity contribution in [1.29, 1.82) is 0 Å². The number of carbonyl (C=O) groups is 1. The number of carbonyl (C=O) groups excluding carboxylic acids is 1. The van der Waals surface area contributed by atoms with Crippen molar-refractivity contribution in [2.45, 2.75) is 12.3 Å². The average molecular weight is 248 g/mol. The lowest BCUT2D eigenvalue weighted by molar-refractivity contribution is -0.129. The molecule has 0 saturated carbocycles. The number of furan rings is 1. The summed E-state index contributed by atoms with van der Waals surface area (Å²) in [6, 6.07) is 8.12. The molecule has 2 aromatic rings. The number of rotatable bonds is 6. The molecule has 1 aromatic carbocycles. The molecule has 4 heteroatoms. The topological polar surface area (TPSA) is 39.4 Å². The van der Waals surface area contributed by atoms with E-state index in [9.17, 15) is 9.18 Å². The van der Waals surface area contributed by atoms with Crippen molar-refractivity contribution >= 4 is 6.47 Å². The van der Waals surface area contributed by atoms with E-state index in [0.717, 1.165) is 11.1 Å². The van der Waals surface area contributed by atoms with E-state index in [1.165, 1.54) is 12.1 Å². The number of halogens is 1. The van der Waals surface area contributed by atoms with Gasteiger partial charge in [-0.05, 0) is 35.7 Å². The highest BCUT2D eigenvalue weighted by atomic mass is 19.1. The maximum atomic E-state index is 12.8. The molecule has 0 aliphatic carbocycles. The molecular weight excluding hydrogens is 235 g/mol. The first-order valence-electron chi connectivity index (χ1n) is 5.61. The highest BCUT2D eigenvalue weighted by Gasteiger charge is 2.14. The van der Waals surface area contributed by atoms with Crippen LogP contribution in [0.4, 0.5) is 4.39 Å². The van der Waals surface area contributed by atoms with Gasteiger partial charge in [0, 0.05) is 5.92 Å². The molecule has 0 bridgehead atoms. The van der Waals surface area contributed by atoms with Gasteiger partial charge >= 0.3 is 0 Å². The van der Waals surface area contributed by atoms with E-state index in [-0.39, 0.29) is 18.3 Å². The van der Waals surface area contributed by atoms with Gasteiger partial charge in [-0.3, -0.25) is 4.79 Å². The van der Waals surface area contributed by atoms with Gasteiger partial charge in [0.2, 0.25) is 0 Å². The van der Waals surface area contributed by atoms with E-state index in [1.807, 2.05) is 6.07 Å². The highest BCUT2D eigenvalue weighted by molar-refractivity contribution is 5.37. The van der Waals surface area contributed by atoms with E-state index in [1.54, 1.807) is 24.7 Å². The Balaban J connectivity index is 2.09. The van der Waals surface area contributed by atoms with Crippen LogP contribution < -0.4 is 0 Å². The van der Waals surface area contributed by atoms with Crippen molar-refractivity contribution in [1.82, 2.24) is 0 Å². The van der Waals surface area contributed by atoms with Gasteiger partial charge in [0.1, 0.15) is 5.82 Å². The lowest BCUT2D eigenvalue weighted by Crippen LogP contribution is -2.09. The number of ether oxygens (including phenoxy) is 1. The Labute approximate surface area is 104 Å². The van der Waals surface area contributed by atoms with Gasteiger partial charge in [0.25, 0.3) is 6.47 Å². The lowest BCUT2D eigenvalue weighted by Gasteiger charge is -2.14. The molecule has 2 rings (SSSR count). The summed E-state index contributed by atoms with van der Waals surface area (Å²) in [6.45, 7) is 0.707. The normalized spacial score (nSPS) is 12.1. The maximum Gasteiger partial charge on any atom is 0.293 e. The second-order valence-corrected chi connectivity index (χ2v) is 4.01. The third kappa shape index (κ3) is 3.20. The number of hydrogen-bond acceptors (Lipinski definition) is 3. The van der Waals surface area contributed by atoms with E-state index in [4.69, 9.17) is 9.15 Å². The largest absolute Gasteiger partial charge is 0.472 e. The fourth-order valence-corrected chi connectivity index (χ4v) is 1.84. The third-order valence-electron chi connectivity index (χ3n) is 2.78. The van der Waals surface area contributed by atoms with Crippen molar-refractivity contribution in [3.63, 3.8) is 0 Å². The van der Waals surface area contributed by atoms with Crippen LogP contribution in [0.25, 0.3) is 0 Å². The van der Waals surface area contributed by atoms with Crippen LogP contribution in [0, 0.1) is 5.82 Å². The first kappa shape index (κ1) is 12.4. The van der Waals surface area contributed by atoms with Crippen LogP contribution in [0.2, 0.25) is 0 Å². The lowest BCUT2D eigenvalue weighted by atomic mass is 9.95. The zero-order valence-corrected chi connectivity index (χ0v) is 9.71. The number of benzene rings is 1. The molecular formula is C14H13FO3. The van der Waals surface area contributed by atoms with Crippen LogP contribution in [0.1, 0.15) is 17.0 Å². The van der Waals surface area contributed by atoms with Gasteiger partial charge in [-0.1, -0.05) is 12.1 Å². The fourth-order valence-electron chi connectivity index (χ4n) is 1.84. The Hall–Kier alpha value is -2.10. The first-order valence-corrected chi connectivity index (χ1v) is 5.61. The molecule has 1 aromatic heterocycles. The van der Waals surface area contributed by atoms with Gasteiger partial charge in [0.15, 0.2) is 0 Å². The summed E-state index contributed by atoms with van der Waals surface area (Å²) in [5, 5.41) is 0. The quantitative estimate of drug-likeness (QED) is 0.738. The summed E-state index contributed by atoms with van der Waals surface area (Å²) >= 11 is 0. The van der Waals surface area contributed by atoms with Gasteiger partial charge in [0.05, 0.1) is 19.1 Å². The molecule has 18 heavy (non-hydrogen) atoms. The summed E-state index contributed by atoms with van der Waals surface area (Å²) in [5.74, 6) is -0.248. The second kappa shape index (κ2) is 6.00. The minimum Gasteiger partial charge on any atom is -0.472 e. The van der Waals surface area contributed by atoms with E-state index in [0.29, 0.717) is 12.9 Å². The minimum atomic E-state index is -0.261. The fraction of sp³-hybridized carbons (Fsp3) is 0.214. The zero-order valence-electron chi connectivity index (χ0n) is 9.71. The summed E-state index contributed by atoms with van der Waals surface area (Å²) in [7, 11) is 0. The Bertz CT molecular complexity index is 476. The molecule has 0 amide bonds. The summed E-state index contributed by atoms with van der Waals surface area (Å²) in [5.41, 5.74) is 1.94. The molecule has 0 aliphatic rings. The summed E-state index contributed by atoms with van der Waals surface area (Å²) in [4.78, 5) is 10.3. The third-order valence-corrected chi connectivity index (χ3v) is 2.78. The predicted octanol–water partition coefficient (Wildman–Crippen LogP) is 2.92. The zero-order chi connectivity index (χ0) is 12.8. The highest BCUT2D eigenvalue weighted by Crippen LogP contribution is 2.22. The maximum absolute atomic E-state index is 12.8. The van der Waals surface area contributed by atoms with Gasteiger partial charge < -0.3 is 9.15 Å². The predicted molar refractivity (Wildman–Crippen MR) is 63.6 cm³/mol. The van der Waals surface area contributed by atoms with Crippen LogP contribution in [0.5, 0.6) is 0 Å². The van der Waals surface area contributed by atoms with Crippen molar-refractivity contribution < 1.29 is 18.3 Å². The molecule has 0 spiro atoms. The summed E-state index contributed by atoms with van der Waals surface area (Å²) < 4.78 is 22.7. The Morgan fingerprint density at radius 2 is 2.06 bits per heavy atom. The molecule has 0 aliphatic heterocycles. The standard InChI is InChI=1S/C14H13FO3/c15-14-3-1-11(2-4-14)7-13(9-18-10-16)12-5-6-17-8-12/h1-6,8,10,13H,7,9H2. The van der Waals surface area contributed by atoms with Crippen LogP contribution in [-0.2, 0) is 16.0 Å². The van der Waals surface area contributed by atoms with E-state index < -0.39 is 0 Å². The molecule has 3 nitrogen and oxygen atoms in total. The molecule has 1 unspecified atom stereocenters. The monoisotopic (exact) mass is 248 g/mol. The molecule has 1 heterocycles. The van der Waals surface area contributed by atoms with Gasteiger partial charge in [-0.2, -0.15) is 0 Å². The number of hydrogen-bond donors (Lipinski definition) is 0.